The number of benzene rings is 3. The third kappa shape index (κ3) is 5.87. The number of amides is 1. The highest BCUT2D eigenvalue weighted by Crippen LogP contribution is 2.29. The average Bonchev–Trinajstić information content (AvgIpc) is 2.82. The smallest absolute Gasteiger partial charge is 0.243 e. The highest BCUT2D eigenvalue weighted by atomic mass is 32.2. The van der Waals surface area contributed by atoms with Gasteiger partial charge in [-0.3, -0.25) is 4.79 Å². The molecule has 0 bridgehead atoms. The number of carbonyl (C=O) groups excluding carboxylic acids is 1. The normalized spacial score (nSPS) is 11.2. The lowest BCUT2D eigenvalue weighted by atomic mass is 10.1. The van der Waals surface area contributed by atoms with Crippen molar-refractivity contribution in [3.05, 3.63) is 84.4 Å². The minimum absolute atomic E-state index is 0.139. The Kier molecular flexibility index (Phi) is 7.86. The molecule has 0 radical (unpaired) electrons. The fourth-order valence-corrected chi connectivity index (χ4v) is 4.60. The van der Waals surface area contributed by atoms with Crippen molar-refractivity contribution in [1.82, 2.24) is 4.31 Å². The average molecular weight is 455 g/mol. The van der Waals surface area contributed by atoms with Crippen LogP contribution in [0.2, 0.25) is 0 Å². The van der Waals surface area contributed by atoms with E-state index in [-0.39, 0.29) is 18.0 Å². The van der Waals surface area contributed by atoms with Gasteiger partial charge in [0.05, 0.1) is 31.3 Å². The second-order valence-electron chi connectivity index (χ2n) is 7.00. The highest BCUT2D eigenvalue weighted by Gasteiger charge is 2.26. The van der Waals surface area contributed by atoms with Gasteiger partial charge in [-0.1, -0.05) is 48.5 Å². The Bertz CT molecular complexity index is 1140. The van der Waals surface area contributed by atoms with Crippen LogP contribution >= 0.6 is 0 Å². The van der Waals surface area contributed by atoms with Crippen LogP contribution in [0, 0.1) is 0 Å². The summed E-state index contributed by atoms with van der Waals surface area (Å²) >= 11 is 0. The largest absolute Gasteiger partial charge is 0.497 e. The van der Waals surface area contributed by atoms with E-state index in [1.807, 2.05) is 30.3 Å². The molecule has 7 nitrogen and oxygen atoms in total. The number of hydrogen-bond donors (Lipinski definition) is 1. The van der Waals surface area contributed by atoms with Crippen molar-refractivity contribution < 1.29 is 22.7 Å². The maximum Gasteiger partial charge on any atom is 0.243 e. The molecule has 0 aliphatic rings. The monoisotopic (exact) mass is 454 g/mol. The summed E-state index contributed by atoms with van der Waals surface area (Å²) in [5.74, 6) is 0.504. The third-order valence-electron chi connectivity index (χ3n) is 4.87. The Balaban J connectivity index is 1.82. The minimum atomic E-state index is -3.87. The van der Waals surface area contributed by atoms with E-state index in [0.29, 0.717) is 23.6 Å². The summed E-state index contributed by atoms with van der Waals surface area (Å²) in [7, 11) is -0.862. The van der Waals surface area contributed by atoms with Gasteiger partial charge in [-0.05, 0) is 36.2 Å². The topological polar surface area (TPSA) is 84.9 Å². The molecular weight excluding hydrogens is 428 g/mol. The van der Waals surface area contributed by atoms with Crippen molar-refractivity contribution in [3.63, 3.8) is 0 Å². The van der Waals surface area contributed by atoms with E-state index >= 15 is 0 Å². The van der Waals surface area contributed by atoms with Gasteiger partial charge in [0.15, 0.2) is 0 Å². The quantitative estimate of drug-likeness (QED) is 0.506. The van der Waals surface area contributed by atoms with Gasteiger partial charge in [0.1, 0.15) is 11.5 Å². The number of ether oxygens (including phenoxy) is 2. The van der Waals surface area contributed by atoms with E-state index in [1.54, 1.807) is 36.4 Å². The third-order valence-corrected chi connectivity index (χ3v) is 6.73. The van der Waals surface area contributed by atoms with Gasteiger partial charge in [-0.25, -0.2) is 8.42 Å². The molecule has 1 N–H and O–H groups in total. The number of rotatable bonds is 10. The predicted octanol–water partition coefficient (Wildman–Crippen LogP) is 3.58. The lowest BCUT2D eigenvalue weighted by Gasteiger charge is -2.22. The summed E-state index contributed by atoms with van der Waals surface area (Å²) < 4.78 is 38.2. The molecule has 3 aromatic rings. The van der Waals surface area contributed by atoms with E-state index in [0.717, 1.165) is 5.56 Å². The molecular formula is C24H26N2O5S. The van der Waals surface area contributed by atoms with E-state index in [9.17, 15) is 13.2 Å². The van der Waals surface area contributed by atoms with Gasteiger partial charge in [0.25, 0.3) is 0 Å². The van der Waals surface area contributed by atoms with E-state index in [1.165, 1.54) is 30.7 Å². The van der Waals surface area contributed by atoms with Crippen molar-refractivity contribution in [1.29, 1.82) is 0 Å². The summed E-state index contributed by atoms with van der Waals surface area (Å²) in [5, 5.41) is 2.74. The number of sulfonamides is 1. The number of methoxy groups -OCH3 is 2. The Morgan fingerprint density at radius 3 is 2.19 bits per heavy atom. The molecule has 0 aromatic heterocycles. The van der Waals surface area contributed by atoms with Gasteiger partial charge in [-0.15, -0.1) is 0 Å². The molecule has 0 aliphatic heterocycles. The Morgan fingerprint density at radius 2 is 1.56 bits per heavy atom. The second-order valence-corrected chi connectivity index (χ2v) is 8.94. The maximum atomic E-state index is 13.3. The maximum absolute atomic E-state index is 13.3. The minimum Gasteiger partial charge on any atom is -0.497 e. The molecule has 3 aromatic carbocycles. The fraction of sp³-hybridized carbons (Fsp3) is 0.208. The van der Waals surface area contributed by atoms with Crippen LogP contribution in [0.25, 0.3) is 0 Å². The van der Waals surface area contributed by atoms with E-state index in [4.69, 9.17) is 9.47 Å². The van der Waals surface area contributed by atoms with Crippen LogP contribution in [-0.2, 0) is 21.2 Å². The standard InChI is InChI=1S/C24H26N2O5S/c1-30-20-13-14-23(31-2)22(17-20)25-24(27)18-26(16-15-19-9-5-3-6-10-19)32(28,29)21-11-7-4-8-12-21/h3-14,17H,15-16,18H2,1-2H3,(H,25,27). The zero-order valence-corrected chi connectivity index (χ0v) is 18.8. The molecule has 0 unspecified atom stereocenters. The number of carbonyl (C=O) groups is 1. The van der Waals surface area contributed by atoms with Crippen LogP contribution in [0.4, 0.5) is 5.69 Å². The summed E-state index contributed by atoms with van der Waals surface area (Å²) in [6, 6.07) is 22.6. The van der Waals surface area contributed by atoms with Crippen LogP contribution in [0.1, 0.15) is 5.56 Å². The molecule has 3 rings (SSSR count). The number of nitrogens with one attached hydrogen (secondary N) is 1. The first-order valence-corrected chi connectivity index (χ1v) is 11.5. The Labute approximate surface area is 188 Å². The van der Waals surface area contributed by atoms with Gasteiger partial charge in [0.2, 0.25) is 15.9 Å². The molecule has 0 spiro atoms. The molecule has 0 atom stereocenters. The molecule has 168 valence electrons. The first kappa shape index (κ1) is 23.3. The lowest BCUT2D eigenvalue weighted by Crippen LogP contribution is -2.39. The fourth-order valence-electron chi connectivity index (χ4n) is 3.19. The number of nitrogens with zero attached hydrogens (tertiary/aromatic N) is 1. The Hall–Kier alpha value is -3.36. The van der Waals surface area contributed by atoms with E-state index in [2.05, 4.69) is 5.32 Å². The molecule has 0 aliphatic carbocycles. The summed E-state index contributed by atoms with van der Waals surface area (Å²) in [6.07, 6.45) is 0.475. The second kappa shape index (κ2) is 10.8. The predicted molar refractivity (Wildman–Crippen MR) is 124 cm³/mol. The zero-order valence-electron chi connectivity index (χ0n) is 18.0. The van der Waals surface area contributed by atoms with Crippen LogP contribution < -0.4 is 14.8 Å². The summed E-state index contributed by atoms with van der Waals surface area (Å²) in [5.41, 5.74) is 1.38. The van der Waals surface area contributed by atoms with E-state index < -0.39 is 15.9 Å². The molecule has 1 amide bonds. The first-order chi connectivity index (χ1) is 15.4. The molecule has 0 saturated carbocycles. The lowest BCUT2D eigenvalue weighted by molar-refractivity contribution is -0.116. The van der Waals surface area contributed by atoms with Gasteiger partial charge in [-0.2, -0.15) is 4.31 Å². The first-order valence-electron chi connectivity index (χ1n) is 10.0. The highest BCUT2D eigenvalue weighted by molar-refractivity contribution is 7.89. The van der Waals surface area contributed by atoms with Crippen molar-refractivity contribution >= 4 is 21.6 Å². The van der Waals surface area contributed by atoms with Gasteiger partial charge >= 0.3 is 0 Å². The molecule has 0 heterocycles. The van der Waals surface area contributed by atoms with Gasteiger partial charge < -0.3 is 14.8 Å². The molecule has 8 heteroatoms. The van der Waals surface area contributed by atoms with Crippen LogP contribution in [0.3, 0.4) is 0 Å². The Morgan fingerprint density at radius 1 is 0.906 bits per heavy atom. The summed E-state index contributed by atoms with van der Waals surface area (Å²) in [6.45, 7) is -0.186. The van der Waals surface area contributed by atoms with Crippen molar-refractivity contribution in [2.45, 2.75) is 11.3 Å². The van der Waals surface area contributed by atoms with Crippen molar-refractivity contribution in [3.8, 4) is 11.5 Å². The van der Waals surface area contributed by atoms with Crippen LogP contribution in [-0.4, -0.2) is 45.9 Å². The molecule has 0 saturated heterocycles. The zero-order chi connectivity index (χ0) is 23.0. The van der Waals surface area contributed by atoms with Gasteiger partial charge in [0, 0.05) is 12.6 Å². The molecule has 0 fully saturated rings. The van der Waals surface area contributed by atoms with Crippen molar-refractivity contribution in [2.24, 2.45) is 0 Å². The van der Waals surface area contributed by atoms with Crippen LogP contribution in [0.5, 0.6) is 11.5 Å². The van der Waals surface area contributed by atoms with Crippen LogP contribution in [0.15, 0.2) is 83.8 Å². The number of anilines is 1. The SMILES string of the molecule is COc1ccc(OC)c(NC(=O)CN(CCc2ccccc2)S(=O)(=O)c2ccccc2)c1. The molecule has 32 heavy (non-hydrogen) atoms. The number of hydrogen-bond acceptors (Lipinski definition) is 5. The summed E-state index contributed by atoms with van der Waals surface area (Å²) in [4.78, 5) is 13.0. The van der Waals surface area contributed by atoms with Crippen molar-refractivity contribution in [2.75, 3.05) is 32.6 Å².